The van der Waals surface area contributed by atoms with Crippen LogP contribution in [0, 0.1) is 0 Å². The van der Waals surface area contributed by atoms with Gasteiger partial charge in [-0.15, -0.1) is 11.8 Å². The Morgan fingerprint density at radius 1 is 1.00 bits per heavy atom. The maximum Gasteiger partial charge on any atom is 0.252 e. The number of nitrogens with zero attached hydrogens (tertiary/aromatic N) is 4. The van der Waals surface area contributed by atoms with Gasteiger partial charge in [-0.05, 0) is 42.2 Å². The molecule has 0 bridgehead atoms. The zero-order valence-corrected chi connectivity index (χ0v) is 24.3. The fourth-order valence-corrected chi connectivity index (χ4v) is 6.38. The fraction of sp³-hybridized carbons (Fsp3) is 0.310. The molecule has 1 aliphatic heterocycles. The molecule has 4 aromatic rings. The Kier molecular flexibility index (Phi) is 9.01. The number of hydrogen-bond donors (Lipinski definition) is 2. The van der Waals surface area contributed by atoms with Crippen LogP contribution in [0.4, 0.5) is 5.95 Å². The van der Waals surface area contributed by atoms with E-state index < -0.39 is 10.0 Å². The van der Waals surface area contributed by atoms with Gasteiger partial charge >= 0.3 is 0 Å². The van der Waals surface area contributed by atoms with E-state index in [4.69, 9.17) is 0 Å². The van der Waals surface area contributed by atoms with Crippen molar-refractivity contribution in [2.75, 3.05) is 24.7 Å². The zero-order chi connectivity index (χ0) is 28.8. The largest absolute Gasteiger partial charge is 0.351 e. The summed E-state index contributed by atoms with van der Waals surface area (Å²) in [6, 6.07) is 21.4. The van der Waals surface area contributed by atoms with Crippen LogP contribution in [-0.4, -0.2) is 58.6 Å². The third-order valence-electron chi connectivity index (χ3n) is 6.94. The number of rotatable bonds is 10. The lowest BCUT2D eigenvalue weighted by Gasteiger charge is -2.30. The molecule has 41 heavy (non-hydrogen) atoms. The molecule has 2 aromatic carbocycles. The molecule has 2 aromatic heterocycles. The summed E-state index contributed by atoms with van der Waals surface area (Å²) in [5.74, 6) is 0.920. The SMILES string of the molecule is CS(=O)(=O)N1CCC(Nc2ncc3ccc(=O)n(CC(=O)NCc4ccc(SCc5ccccc5)cc4)c3n2)CC1. The number of amides is 1. The smallest absolute Gasteiger partial charge is 0.252 e. The van der Waals surface area contributed by atoms with Gasteiger partial charge < -0.3 is 10.6 Å². The molecular weight excluding hydrogens is 560 g/mol. The van der Waals surface area contributed by atoms with Crippen LogP contribution < -0.4 is 16.2 Å². The summed E-state index contributed by atoms with van der Waals surface area (Å²) < 4.78 is 26.4. The Labute approximate surface area is 243 Å². The lowest BCUT2D eigenvalue weighted by Crippen LogP contribution is -2.42. The summed E-state index contributed by atoms with van der Waals surface area (Å²) in [6.07, 6.45) is 4.06. The van der Waals surface area contributed by atoms with Crippen molar-refractivity contribution in [1.82, 2.24) is 24.2 Å². The number of anilines is 1. The van der Waals surface area contributed by atoms with Crippen LogP contribution in [0.2, 0.25) is 0 Å². The second-order valence-corrected chi connectivity index (χ2v) is 13.0. The van der Waals surface area contributed by atoms with E-state index >= 15 is 0 Å². The molecule has 0 radical (unpaired) electrons. The molecule has 0 unspecified atom stereocenters. The van der Waals surface area contributed by atoms with Crippen LogP contribution in [0.25, 0.3) is 11.0 Å². The number of piperidine rings is 1. The molecular formula is C29H32N6O4S2. The van der Waals surface area contributed by atoms with Crippen LogP contribution >= 0.6 is 11.8 Å². The number of nitrogens with one attached hydrogen (secondary N) is 2. The van der Waals surface area contributed by atoms with Crippen LogP contribution in [0.15, 0.2) is 82.6 Å². The molecule has 12 heteroatoms. The highest BCUT2D eigenvalue weighted by atomic mass is 32.2. The number of pyridine rings is 1. The topological polar surface area (TPSA) is 126 Å². The first-order chi connectivity index (χ1) is 19.7. The van der Waals surface area contributed by atoms with Crippen LogP contribution in [0.3, 0.4) is 0 Å². The summed E-state index contributed by atoms with van der Waals surface area (Å²) in [6.45, 7) is 1.01. The maximum atomic E-state index is 12.8. The normalized spacial score (nSPS) is 14.7. The minimum Gasteiger partial charge on any atom is -0.351 e. The van der Waals surface area contributed by atoms with E-state index in [1.807, 2.05) is 42.5 Å². The van der Waals surface area contributed by atoms with Crippen molar-refractivity contribution < 1.29 is 13.2 Å². The van der Waals surface area contributed by atoms with Gasteiger partial charge in [0.25, 0.3) is 5.56 Å². The molecule has 3 heterocycles. The minimum absolute atomic E-state index is 0.000704. The number of benzene rings is 2. The predicted octanol–water partition coefficient (Wildman–Crippen LogP) is 3.24. The van der Waals surface area contributed by atoms with Crippen LogP contribution in [0.5, 0.6) is 0 Å². The van der Waals surface area contributed by atoms with Crippen molar-refractivity contribution in [3.63, 3.8) is 0 Å². The maximum absolute atomic E-state index is 12.8. The van der Waals surface area contributed by atoms with E-state index in [0.29, 0.717) is 49.5 Å². The highest BCUT2D eigenvalue weighted by Gasteiger charge is 2.25. The molecule has 1 amide bonds. The summed E-state index contributed by atoms with van der Waals surface area (Å²) in [5, 5.41) is 6.79. The molecule has 5 rings (SSSR count). The van der Waals surface area contributed by atoms with Gasteiger partial charge in [0.2, 0.25) is 21.9 Å². The second-order valence-electron chi connectivity index (χ2n) is 10.0. The first-order valence-corrected chi connectivity index (χ1v) is 16.2. The third-order valence-corrected chi connectivity index (χ3v) is 9.33. The number of hydrogen-bond acceptors (Lipinski definition) is 8. The van der Waals surface area contributed by atoms with E-state index in [1.54, 1.807) is 24.0 Å². The Morgan fingerprint density at radius 2 is 1.73 bits per heavy atom. The Morgan fingerprint density at radius 3 is 2.44 bits per heavy atom. The van der Waals surface area contributed by atoms with Crippen molar-refractivity contribution in [2.24, 2.45) is 0 Å². The predicted molar refractivity (Wildman–Crippen MR) is 161 cm³/mol. The number of fused-ring (bicyclic) bond motifs is 1. The lowest BCUT2D eigenvalue weighted by atomic mass is 10.1. The Hall–Kier alpha value is -3.74. The molecule has 0 spiro atoms. The van der Waals surface area contributed by atoms with Gasteiger partial charge in [-0.2, -0.15) is 4.98 Å². The van der Waals surface area contributed by atoms with Crippen molar-refractivity contribution in [2.45, 2.75) is 42.6 Å². The van der Waals surface area contributed by atoms with Gasteiger partial charge in [-0.1, -0.05) is 42.5 Å². The molecule has 1 aliphatic rings. The van der Waals surface area contributed by atoms with Crippen molar-refractivity contribution in [1.29, 1.82) is 0 Å². The lowest BCUT2D eigenvalue weighted by molar-refractivity contribution is -0.121. The summed E-state index contributed by atoms with van der Waals surface area (Å²) in [5.41, 5.74) is 2.25. The molecule has 0 saturated carbocycles. The quantitative estimate of drug-likeness (QED) is 0.269. The fourth-order valence-electron chi connectivity index (χ4n) is 4.65. The second kappa shape index (κ2) is 12.8. The molecule has 10 nitrogen and oxygen atoms in total. The molecule has 1 fully saturated rings. The molecule has 1 saturated heterocycles. The highest BCUT2D eigenvalue weighted by Crippen LogP contribution is 2.23. The highest BCUT2D eigenvalue weighted by molar-refractivity contribution is 7.98. The molecule has 0 aliphatic carbocycles. The average molecular weight is 593 g/mol. The summed E-state index contributed by atoms with van der Waals surface area (Å²) >= 11 is 1.76. The monoisotopic (exact) mass is 592 g/mol. The van der Waals surface area contributed by atoms with Gasteiger partial charge in [-0.3, -0.25) is 14.2 Å². The van der Waals surface area contributed by atoms with E-state index in [2.05, 4.69) is 32.7 Å². The Bertz CT molecular complexity index is 1670. The van der Waals surface area contributed by atoms with Crippen LogP contribution in [0.1, 0.15) is 24.0 Å². The number of carbonyl (C=O) groups is 1. The van der Waals surface area contributed by atoms with E-state index in [1.165, 1.54) is 26.8 Å². The Balaban J connectivity index is 1.19. The zero-order valence-electron chi connectivity index (χ0n) is 22.7. The van der Waals surface area contributed by atoms with E-state index in [-0.39, 0.29) is 24.1 Å². The number of carbonyl (C=O) groups excluding carboxylic acids is 1. The van der Waals surface area contributed by atoms with Crippen molar-refractivity contribution >= 4 is 44.7 Å². The third kappa shape index (κ3) is 7.72. The average Bonchev–Trinajstić information content (AvgIpc) is 2.97. The first kappa shape index (κ1) is 28.8. The minimum atomic E-state index is -3.21. The van der Waals surface area contributed by atoms with Crippen LogP contribution in [-0.2, 0) is 33.7 Å². The summed E-state index contributed by atoms with van der Waals surface area (Å²) in [4.78, 5) is 35.6. The molecule has 0 atom stereocenters. The number of thioether (sulfide) groups is 1. The van der Waals surface area contributed by atoms with Gasteiger partial charge in [-0.25, -0.2) is 17.7 Å². The number of sulfonamides is 1. The molecule has 2 N–H and O–H groups in total. The van der Waals surface area contributed by atoms with Gasteiger partial charge in [0.15, 0.2) is 0 Å². The standard InChI is InChI=1S/C29H32N6O4S2/c1-41(38,39)34-15-13-24(14-16-34)32-29-31-18-23-9-12-27(37)35(28(23)33-29)19-26(36)30-17-21-7-10-25(11-8-21)40-20-22-5-3-2-4-6-22/h2-12,18,24H,13-17,19-20H2,1H3,(H,30,36)(H,31,32,33). The van der Waals surface area contributed by atoms with Crippen molar-refractivity contribution in [3.05, 3.63) is 94.4 Å². The number of aromatic nitrogens is 3. The van der Waals surface area contributed by atoms with Gasteiger partial charge in [0.1, 0.15) is 12.2 Å². The summed E-state index contributed by atoms with van der Waals surface area (Å²) in [7, 11) is -3.21. The van der Waals surface area contributed by atoms with Gasteiger partial charge in [0.05, 0.1) is 6.26 Å². The molecule has 214 valence electrons. The van der Waals surface area contributed by atoms with Gasteiger partial charge in [0, 0.05) is 54.0 Å². The first-order valence-electron chi connectivity index (χ1n) is 13.4. The van der Waals surface area contributed by atoms with Crippen molar-refractivity contribution in [3.8, 4) is 0 Å². The van der Waals surface area contributed by atoms with E-state index in [0.717, 1.165) is 16.2 Å². The van der Waals surface area contributed by atoms with E-state index in [9.17, 15) is 18.0 Å².